The summed E-state index contributed by atoms with van der Waals surface area (Å²) in [6.45, 7) is 1.61. The molecule has 5 heteroatoms. The van der Waals surface area contributed by atoms with Crippen molar-refractivity contribution >= 4 is 12.0 Å². The van der Waals surface area contributed by atoms with Gasteiger partial charge in [0, 0.05) is 16.7 Å². The predicted octanol–water partition coefficient (Wildman–Crippen LogP) is 3.59. The summed E-state index contributed by atoms with van der Waals surface area (Å²) < 4.78 is 18.6. The molecule has 2 aromatic carbocycles. The Balaban J connectivity index is 2.06. The highest BCUT2D eigenvalue weighted by Gasteiger charge is 2.07. The number of benzene rings is 2. The van der Waals surface area contributed by atoms with E-state index in [2.05, 4.69) is 5.16 Å². The van der Waals surface area contributed by atoms with Crippen molar-refractivity contribution < 1.29 is 18.8 Å². The number of ether oxygens (including phenoxy) is 1. The van der Waals surface area contributed by atoms with E-state index in [0.717, 1.165) is 0 Å². The molecule has 0 amide bonds. The van der Waals surface area contributed by atoms with E-state index in [4.69, 9.17) is 9.57 Å². The summed E-state index contributed by atoms with van der Waals surface area (Å²) in [7, 11) is 1.54. The van der Waals surface area contributed by atoms with Crippen molar-refractivity contribution in [2.75, 3.05) is 7.11 Å². The van der Waals surface area contributed by atoms with Crippen LogP contribution in [0.2, 0.25) is 0 Å². The van der Waals surface area contributed by atoms with Gasteiger partial charge in [0.25, 0.3) is 0 Å². The van der Waals surface area contributed by atoms with Gasteiger partial charge in [-0.1, -0.05) is 23.4 Å². The normalized spacial score (nSPS) is 10.7. The van der Waals surface area contributed by atoms with Crippen LogP contribution in [0.15, 0.2) is 47.6 Å². The zero-order valence-corrected chi connectivity index (χ0v) is 12.4. The molecule has 0 aromatic heterocycles. The lowest BCUT2D eigenvalue weighted by Gasteiger charge is -2.08. The fourth-order valence-electron chi connectivity index (χ4n) is 1.89. The van der Waals surface area contributed by atoms with Gasteiger partial charge in [0.1, 0.15) is 18.2 Å². The van der Waals surface area contributed by atoms with Crippen LogP contribution >= 0.6 is 0 Å². The predicted molar refractivity (Wildman–Crippen MR) is 81.8 cm³/mol. The van der Waals surface area contributed by atoms with Crippen molar-refractivity contribution in [1.29, 1.82) is 0 Å². The molecule has 0 aliphatic rings. The fourth-order valence-corrected chi connectivity index (χ4v) is 1.89. The molecule has 4 nitrogen and oxygen atoms in total. The number of carbonyl (C=O) groups is 1. The first-order chi connectivity index (χ1) is 10.6. The number of rotatable bonds is 6. The molecule has 0 unspecified atom stereocenters. The molecule has 0 heterocycles. The minimum Gasteiger partial charge on any atom is -0.496 e. The molecule has 0 fully saturated rings. The van der Waals surface area contributed by atoms with E-state index in [-0.39, 0.29) is 18.2 Å². The minimum absolute atomic E-state index is 0.0428. The van der Waals surface area contributed by atoms with Gasteiger partial charge in [-0.05, 0) is 31.2 Å². The van der Waals surface area contributed by atoms with Gasteiger partial charge in [0.05, 0.1) is 13.3 Å². The van der Waals surface area contributed by atoms with Crippen molar-refractivity contribution in [2.24, 2.45) is 5.16 Å². The van der Waals surface area contributed by atoms with Gasteiger partial charge in [0.2, 0.25) is 0 Å². The third-order valence-corrected chi connectivity index (χ3v) is 3.08. The molecular formula is C17H16FNO3. The van der Waals surface area contributed by atoms with E-state index in [9.17, 15) is 9.18 Å². The van der Waals surface area contributed by atoms with Crippen LogP contribution in [0.1, 0.15) is 28.4 Å². The maximum Gasteiger partial charge on any atom is 0.159 e. The number of carbonyl (C=O) groups excluding carboxylic acids is 1. The molecule has 0 spiro atoms. The van der Waals surface area contributed by atoms with Gasteiger partial charge in [-0.15, -0.1) is 0 Å². The number of nitrogens with zero attached hydrogens (tertiary/aromatic N) is 1. The quantitative estimate of drug-likeness (QED) is 0.465. The summed E-state index contributed by atoms with van der Waals surface area (Å²) in [6, 6.07) is 11.3. The first-order valence-corrected chi connectivity index (χ1v) is 6.69. The lowest BCUT2D eigenvalue weighted by Crippen LogP contribution is -1.99. The molecule has 22 heavy (non-hydrogen) atoms. The first-order valence-electron chi connectivity index (χ1n) is 6.69. The topological polar surface area (TPSA) is 47.9 Å². The molecule has 114 valence electrons. The van der Waals surface area contributed by atoms with Crippen molar-refractivity contribution in [3.63, 3.8) is 0 Å². The molecule has 0 radical (unpaired) electrons. The van der Waals surface area contributed by atoms with Crippen LogP contribution in [0.25, 0.3) is 0 Å². The van der Waals surface area contributed by atoms with E-state index in [1.165, 1.54) is 26.3 Å². The zero-order chi connectivity index (χ0) is 15.9. The number of ketones is 1. The first kappa shape index (κ1) is 15.7. The van der Waals surface area contributed by atoms with Gasteiger partial charge >= 0.3 is 0 Å². The van der Waals surface area contributed by atoms with Gasteiger partial charge in [-0.3, -0.25) is 4.79 Å². The highest BCUT2D eigenvalue weighted by atomic mass is 19.1. The standard InChI is InChI=1S/C17H16FNO3/c1-12(20)13-7-8-17(21-2)15(9-13)11-22-19-10-14-5-3-4-6-16(14)18/h3-10H,11H2,1-2H3/b19-10-. The summed E-state index contributed by atoms with van der Waals surface area (Å²) in [4.78, 5) is 16.6. The molecule has 0 saturated heterocycles. The van der Waals surface area contributed by atoms with E-state index in [1.54, 1.807) is 36.4 Å². The minimum atomic E-state index is -0.369. The summed E-state index contributed by atoms with van der Waals surface area (Å²) in [6.07, 6.45) is 1.30. The van der Waals surface area contributed by atoms with Crippen LogP contribution in [0.5, 0.6) is 5.75 Å². The average molecular weight is 301 g/mol. The van der Waals surface area contributed by atoms with Crippen LogP contribution in [0.4, 0.5) is 4.39 Å². The Morgan fingerprint density at radius 2 is 2.05 bits per heavy atom. The van der Waals surface area contributed by atoms with Gasteiger partial charge in [-0.2, -0.15) is 0 Å². The van der Waals surface area contributed by atoms with Crippen LogP contribution < -0.4 is 4.74 Å². The number of Topliss-reactive ketones (excluding diaryl/α,β-unsaturated/α-hetero) is 1. The molecular weight excluding hydrogens is 285 g/mol. The Hall–Kier alpha value is -2.69. The summed E-state index contributed by atoms with van der Waals surface area (Å²) in [5.41, 5.74) is 1.60. The fraction of sp³-hybridized carbons (Fsp3) is 0.176. The molecule has 0 atom stereocenters. The van der Waals surface area contributed by atoms with E-state index >= 15 is 0 Å². The van der Waals surface area contributed by atoms with Crippen LogP contribution in [-0.4, -0.2) is 19.1 Å². The molecule has 0 saturated carbocycles. The maximum absolute atomic E-state index is 13.4. The van der Waals surface area contributed by atoms with E-state index in [0.29, 0.717) is 22.4 Å². The second-order valence-corrected chi connectivity index (χ2v) is 4.61. The van der Waals surface area contributed by atoms with Crippen LogP contribution in [-0.2, 0) is 11.4 Å². The molecule has 2 aromatic rings. The van der Waals surface area contributed by atoms with Crippen LogP contribution in [0.3, 0.4) is 0 Å². The van der Waals surface area contributed by atoms with Gasteiger partial charge < -0.3 is 9.57 Å². The molecule has 0 aliphatic heterocycles. The number of methoxy groups -OCH3 is 1. The lowest BCUT2D eigenvalue weighted by atomic mass is 10.1. The zero-order valence-electron chi connectivity index (χ0n) is 12.4. The van der Waals surface area contributed by atoms with Crippen LogP contribution in [0, 0.1) is 5.82 Å². The number of hydrogen-bond acceptors (Lipinski definition) is 4. The Bertz CT molecular complexity index is 698. The molecule has 2 rings (SSSR count). The Kier molecular flexibility index (Phi) is 5.25. The van der Waals surface area contributed by atoms with Crippen molar-refractivity contribution in [1.82, 2.24) is 0 Å². The average Bonchev–Trinajstić information content (AvgIpc) is 2.52. The molecule has 0 aliphatic carbocycles. The van der Waals surface area contributed by atoms with Crippen molar-refractivity contribution in [2.45, 2.75) is 13.5 Å². The highest BCUT2D eigenvalue weighted by molar-refractivity contribution is 5.94. The third-order valence-electron chi connectivity index (χ3n) is 3.08. The highest BCUT2D eigenvalue weighted by Crippen LogP contribution is 2.21. The lowest BCUT2D eigenvalue weighted by molar-refractivity contribution is 0.101. The van der Waals surface area contributed by atoms with Crippen molar-refractivity contribution in [3.8, 4) is 5.75 Å². The summed E-state index contributed by atoms with van der Waals surface area (Å²) >= 11 is 0. The SMILES string of the molecule is COc1ccc(C(C)=O)cc1CO/N=C\c1ccccc1F. The maximum atomic E-state index is 13.4. The molecule has 0 N–H and O–H groups in total. The Morgan fingerprint density at radius 1 is 1.27 bits per heavy atom. The van der Waals surface area contributed by atoms with Gasteiger partial charge in [0.15, 0.2) is 5.78 Å². The smallest absolute Gasteiger partial charge is 0.159 e. The second kappa shape index (κ2) is 7.36. The number of hydrogen-bond donors (Lipinski definition) is 0. The van der Waals surface area contributed by atoms with E-state index < -0.39 is 0 Å². The Labute approximate surface area is 128 Å². The Morgan fingerprint density at radius 3 is 2.73 bits per heavy atom. The summed E-state index contributed by atoms with van der Waals surface area (Å²) in [5.74, 6) is 0.191. The largest absolute Gasteiger partial charge is 0.496 e. The summed E-state index contributed by atoms with van der Waals surface area (Å²) in [5, 5.41) is 3.74. The van der Waals surface area contributed by atoms with Gasteiger partial charge in [-0.25, -0.2) is 4.39 Å². The van der Waals surface area contributed by atoms with E-state index in [1.807, 2.05) is 0 Å². The second-order valence-electron chi connectivity index (χ2n) is 4.61. The number of halogens is 1. The molecule has 0 bridgehead atoms. The third kappa shape index (κ3) is 3.91. The number of oxime groups is 1. The monoisotopic (exact) mass is 301 g/mol. The van der Waals surface area contributed by atoms with Crippen molar-refractivity contribution in [3.05, 3.63) is 65.0 Å².